The van der Waals surface area contributed by atoms with Gasteiger partial charge in [0, 0.05) is 12.8 Å². The molecule has 1 aromatic rings. The smallest absolute Gasteiger partial charge is 0.140 e. The van der Waals surface area contributed by atoms with Crippen LogP contribution in [0.15, 0.2) is 16.7 Å². The highest BCUT2D eigenvalue weighted by Crippen LogP contribution is 2.28. The summed E-state index contributed by atoms with van der Waals surface area (Å²) in [6.45, 7) is 3.64. The molecular formula is C10H12BrClN2O. The molecule has 0 spiro atoms. The van der Waals surface area contributed by atoms with Crippen molar-refractivity contribution in [3.05, 3.63) is 21.8 Å². The Bertz CT molecular complexity index is 366. The molecule has 15 heavy (non-hydrogen) atoms. The molecule has 1 aromatic heterocycles. The molecule has 1 fully saturated rings. The Balaban J connectivity index is 2.16. The summed E-state index contributed by atoms with van der Waals surface area (Å²) in [4.78, 5) is 4.24. The van der Waals surface area contributed by atoms with Crippen LogP contribution in [-0.2, 0) is 4.74 Å². The second kappa shape index (κ2) is 4.28. The molecule has 0 aliphatic carbocycles. The summed E-state index contributed by atoms with van der Waals surface area (Å²) in [7, 11) is 0. The van der Waals surface area contributed by atoms with Gasteiger partial charge in [-0.15, -0.1) is 0 Å². The van der Waals surface area contributed by atoms with Gasteiger partial charge in [0.15, 0.2) is 0 Å². The summed E-state index contributed by atoms with van der Waals surface area (Å²) < 4.78 is 6.24. The minimum atomic E-state index is -0.0245. The maximum atomic E-state index is 5.82. The van der Waals surface area contributed by atoms with Crippen molar-refractivity contribution in [2.45, 2.75) is 18.9 Å². The van der Waals surface area contributed by atoms with Crippen LogP contribution in [0.25, 0.3) is 0 Å². The fraction of sp³-hybridized carbons (Fsp3) is 0.500. The van der Waals surface area contributed by atoms with E-state index in [1.807, 2.05) is 6.07 Å². The molecule has 2 rings (SSSR count). The van der Waals surface area contributed by atoms with Gasteiger partial charge in [-0.25, -0.2) is 4.98 Å². The van der Waals surface area contributed by atoms with Crippen molar-refractivity contribution in [3.63, 3.8) is 0 Å². The SMILES string of the molecule is CC1(Nc2ncc(Cl)cc2Br)CCOC1. The van der Waals surface area contributed by atoms with Gasteiger partial charge >= 0.3 is 0 Å². The number of nitrogens with one attached hydrogen (secondary N) is 1. The molecule has 0 saturated carbocycles. The fourth-order valence-corrected chi connectivity index (χ4v) is 2.30. The van der Waals surface area contributed by atoms with E-state index in [4.69, 9.17) is 16.3 Å². The highest BCUT2D eigenvalue weighted by atomic mass is 79.9. The van der Waals surface area contributed by atoms with Crippen LogP contribution in [0.3, 0.4) is 0 Å². The number of pyridine rings is 1. The molecular weight excluding hydrogens is 279 g/mol. The second-order valence-electron chi connectivity index (χ2n) is 3.97. The standard InChI is InChI=1S/C10H12BrClN2O/c1-10(2-3-15-6-10)14-9-8(11)4-7(12)5-13-9/h4-5H,2-3,6H2,1H3,(H,13,14). The van der Waals surface area contributed by atoms with Crippen molar-refractivity contribution in [1.82, 2.24) is 4.98 Å². The molecule has 1 saturated heterocycles. The lowest BCUT2D eigenvalue weighted by atomic mass is 10.0. The molecule has 0 amide bonds. The van der Waals surface area contributed by atoms with Crippen molar-refractivity contribution in [1.29, 1.82) is 0 Å². The number of anilines is 1. The van der Waals surface area contributed by atoms with Gasteiger partial charge in [-0.05, 0) is 35.3 Å². The fourth-order valence-electron chi connectivity index (χ4n) is 1.56. The van der Waals surface area contributed by atoms with Crippen LogP contribution < -0.4 is 5.32 Å². The van der Waals surface area contributed by atoms with Crippen molar-refractivity contribution >= 4 is 33.3 Å². The third-order valence-electron chi connectivity index (χ3n) is 2.45. The quantitative estimate of drug-likeness (QED) is 0.909. The number of rotatable bonds is 2. The molecule has 2 heterocycles. The first kappa shape index (κ1) is 11.2. The van der Waals surface area contributed by atoms with E-state index < -0.39 is 0 Å². The molecule has 3 nitrogen and oxygen atoms in total. The van der Waals surface area contributed by atoms with Gasteiger partial charge in [0.25, 0.3) is 0 Å². The van der Waals surface area contributed by atoms with Gasteiger partial charge in [0.05, 0.1) is 21.6 Å². The first-order chi connectivity index (χ1) is 7.09. The Morgan fingerprint density at radius 1 is 1.67 bits per heavy atom. The number of nitrogens with zero attached hydrogens (tertiary/aromatic N) is 1. The average molecular weight is 292 g/mol. The lowest BCUT2D eigenvalue weighted by molar-refractivity contribution is 0.185. The number of halogens is 2. The Kier molecular flexibility index (Phi) is 3.19. The molecule has 0 radical (unpaired) electrons. The van der Waals surface area contributed by atoms with E-state index in [1.54, 1.807) is 6.20 Å². The highest BCUT2D eigenvalue weighted by molar-refractivity contribution is 9.10. The Hall–Kier alpha value is -0.320. The van der Waals surface area contributed by atoms with Crippen LogP contribution in [0, 0.1) is 0 Å². The van der Waals surface area contributed by atoms with Gasteiger partial charge in [-0.1, -0.05) is 11.6 Å². The lowest BCUT2D eigenvalue weighted by Crippen LogP contribution is -2.35. The molecule has 5 heteroatoms. The molecule has 0 aromatic carbocycles. The maximum Gasteiger partial charge on any atom is 0.140 e. The summed E-state index contributed by atoms with van der Waals surface area (Å²) >= 11 is 9.25. The summed E-state index contributed by atoms with van der Waals surface area (Å²) in [6, 6.07) is 1.83. The van der Waals surface area contributed by atoms with Crippen molar-refractivity contribution in [2.24, 2.45) is 0 Å². The normalized spacial score (nSPS) is 25.5. The largest absolute Gasteiger partial charge is 0.379 e. The Labute approximate surface area is 102 Å². The highest BCUT2D eigenvalue weighted by Gasteiger charge is 2.30. The van der Waals surface area contributed by atoms with Gasteiger partial charge in [0.1, 0.15) is 5.82 Å². The molecule has 1 aliphatic rings. The van der Waals surface area contributed by atoms with E-state index in [0.717, 1.165) is 23.3 Å². The molecule has 1 N–H and O–H groups in total. The van der Waals surface area contributed by atoms with Crippen LogP contribution in [0.5, 0.6) is 0 Å². The first-order valence-corrected chi connectivity index (χ1v) is 5.93. The predicted octanol–water partition coefficient (Wildman–Crippen LogP) is 3.09. The van der Waals surface area contributed by atoms with E-state index in [-0.39, 0.29) is 5.54 Å². The van der Waals surface area contributed by atoms with Crippen LogP contribution in [-0.4, -0.2) is 23.7 Å². The zero-order chi connectivity index (χ0) is 10.9. The zero-order valence-electron chi connectivity index (χ0n) is 8.39. The minimum absolute atomic E-state index is 0.0245. The average Bonchev–Trinajstić information content (AvgIpc) is 2.58. The van der Waals surface area contributed by atoms with Crippen molar-refractivity contribution < 1.29 is 4.74 Å². The number of aromatic nitrogens is 1. The topological polar surface area (TPSA) is 34.2 Å². The van der Waals surface area contributed by atoms with E-state index >= 15 is 0 Å². The van der Waals surface area contributed by atoms with E-state index in [0.29, 0.717) is 11.6 Å². The van der Waals surface area contributed by atoms with Crippen LogP contribution >= 0.6 is 27.5 Å². The van der Waals surface area contributed by atoms with Gasteiger partial charge in [-0.3, -0.25) is 0 Å². The summed E-state index contributed by atoms with van der Waals surface area (Å²) in [6.07, 6.45) is 2.62. The molecule has 1 unspecified atom stereocenters. The van der Waals surface area contributed by atoms with E-state index in [2.05, 4.69) is 33.2 Å². The monoisotopic (exact) mass is 290 g/mol. The first-order valence-electron chi connectivity index (χ1n) is 4.76. The van der Waals surface area contributed by atoms with Gasteiger partial charge < -0.3 is 10.1 Å². The molecule has 0 bridgehead atoms. The van der Waals surface area contributed by atoms with Crippen molar-refractivity contribution in [3.8, 4) is 0 Å². The predicted molar refractivity (Wildman–Crippen MR) is 64.4 cm³/mol. The van der Waals surface area contributed by atoms with Gasteiger partial charge in [0.2, 0.25) is 0 Å². The number of hydrogen-bond acceptors (Lipinski definition) is 3. The molecule has 1 atom stereocenters. The lowest BCUT2D eigenvalue weighted by Gasteiger charge is -2.24. The summed E-state index contributed by atoms with van der Waals surface area (Å²) in [5.74, 6) is 0.812. The van der Waals surface area contributed by atoms with Crippen LogP contribution in [0.2, 0.25) is 5.02 Å². The second-order valence-corrected chi connectivity index (χ2v) is 5.26. The molecule has 82 valence electrons. The third-order valence-corrected chi connectivity index (χ3v) is 3.26. The Morgan fingerprint density at radius 2 is 2.47 bits per heavy atom. The molecule has 1 aliphatic heterocycles. The Morgan fingerprint density at radius 3 is 3.07 bits per heavy atom. The van der Waals surface area contributed by atoms with Gasteiger partial charge in [-0.2, -0.15) is 0 Å². The minimum Gasteiger partial charge on any atom is -0.379 e. The van der Waals surface area contributed by atoms with Crippen molar-refractivity contribution in [2.75, 3.05) is 18.5 Å². The summed E-state index contributed by atoms with van der Waals surface area (Å²) in [5.41, 5.74) is -0.0245. The summed E-state index contributed by atoms with van der Waals surface area (Å²) in [5, 5.41) is 4.00. The van der Waals surface area contributed by atoms with E-state index in [1.165, 1.54) is 0 Å². The number of ether oxygens (including phenoxy) is 1. The zero-order valence-corrected chi connectivity index (χ0v) is 10.7. The van der Waals surface area contributed by atoms with Crippen LogP contribution in [0.4, 0.5) is 5.82 Å². The third kappa shape index (κ3) is 2.62. The number of hydrogen-bond donors (Lipinski definition) is 1. The maximum absolute atomic E-state index is 5.82. The van der Waals surface area contributed by atoms with E-state index in [9.17, 15) is 0 Å². The van der Waals surface area contributed by atoms with Crippen LogP contribution in [0.1, 0.15) is 13.3 Å².